The molecule has 0 aliphatic carbocycles. The minimum atomic E-state index is -4.40. The third-order valence-corrected chi connectivity index (χ3v) is 11.8. The summed E-state index contributed by atoms with van der Waals surface area (Å²) in [5.74, 6) is 0.120. The molecule has 0 radical (unpaired) electrons. The molecule has 7 rings (SSSR count). The van der Waals surface area contributed by atoms with E-state index in [4.69, 9.17) is 46.3 Å². The number of nitrogens with two attached hydrogens (primary N) is 2. The lowest BCUT2D eigenvalue weighted by molar-refractivity contribution is -0.0457. The Hall–Kier alpha value is -2.45. The van der Waals surface area contributed by atoms with Crippen molar-refractivity contribution in [3.05, 3.63) is 25.3 Å². The number of nitrogens with zero attached hydrogens (tertiary/aromatic N) is 8. The second-order valence-corrected chi connectivity index (χ2v) is 16.3. The molecule has 230 valence electrons. The summed E-state index contributed by atoms with van der Waals surface area (Å²) in [5.41, 5.74) is 11.0. The van der Waals surface area contributed by atoms with Gasteiger partial charge in [-0.2, -0.15) is 0 Å². The van der Waals surface area contributed by atoms with Crippen LogP contribution < -0.4 is 11.5 Å². The Bertz CT molecular complexity index is 1820. The van der Waals surface area contributed by atoms with Gasteiger partial charge in [-0.15, -0.1) is 0 Å². The van der Waals surface area contributed by atoms with Gasteiger partial charge in [0.2, 0.25) is 0 Å². The van der Waals surface area contributed by atoms with Gasteiger partial charge in [-0.25, -0.2) is 43.2 Å². The molecule has 0 amide bonds. The van der Waals surface area contributed by atoms with Crippen molar-refractivity contribution in [2.24, 2.45) is 0 Å². The summed E-state index contributed by atoms with van der Waals surface area (Å²) in [6.07, 6.45) is -6.22. The number of rotatable bonds is 2. The van der Waals surface area contributed by atoms with E-state index in [2.05, 4.69) is 42.2 Å². The summed E-state index contributed by atoms with van der Waals surface area (Å²) >= 11 is 9.44. The van der Waals surface area contributed by atoms with Crippen molar-refractivity contribution in [3.63, 3.8) is 0 Å². The Morgan fingerprint density at radius 2 is 1.42 bits per heavy atom. The van der Waals surface area contributed by atoms with E-state index in [9.17, 15) is 9.46 Å². The lowest BCUT2D eigenvalue weighted by atomic mass is 10.1. The summed E-state index contributed by atoms with van der Waals surface area (Å²) in [4.78, 5) is 35.8. The van der Waals surface area contributed by atoms with Crippen LogP contribution >= 0.6 is 25.5 Å². The molecule has 4 aromatic heterocycles. The average Bonchev–Trinajstić information content (AvgIpc) is 3.71. The van der Waals surface area contributed by atoms with Crippen LogP contribution in [0.1, 0.15) is 12.5 Å². The van der Waals surface area contributed by atoms with Crippen molar-refractivity contribution in [3.8, 4) is 0 Å². The van der Waals surface area contributed by atoms with Crippen LogP contribution in [0.25, 0.3) is 22.3 Å². The van der Waals surface area contributed by atoms with Gasteiger partial charge in [-0.3, -0.25) is 18.2 Å². The predicted molar refractivity (Wildman–Crippen MR) is 151 cm³/mol. The number of anilines is 2. The third-order valence-electron chi connectivity index (χ3n) is 7.33. The summed E-state index contributed by atoms with van der Waals surface area (Å²) in [6.45, 7) is -9.87. The summed E-state index contributed by atoms with van der Waals surface area (Å²) in [6, 6.07) is 0. The molecule has 0 spiro atoms. The minimum absolute atomic E-state index is 0.0567. The lowest BCUT2D eigenvalue weighted by Crippen LogP contribution is -2.33. The largest absolute Gasteiger partial charge is 0.386 e. The molecule has 43 heavy (non-hydrogen) atoms. The fraction of sp³-hybridized carbons (Fsp3) is 0.500. The van der Waals surface area contributed by atoms with Gasteiger partial charge in [-0.05, 0) is 11.8 Å². The van der Waals surface area contributed by atoms with Gasteiger partial charge in [0, 0.05) is 0 Å². The zero-order valence-electron chi connectivity index (χ0n) is 21.5. The van der Waals surface area contributed by atoms with Crippen LogP contribution in [0, 0.1) is 0 Å². The number of nitrogen functional groups attached to an aromatic ring is 2. The zero-order valence-corrected chi connectivity index (χ0v) is 25.0. The highest BCUT2D eigenvalue weighted by atomic mass is 32.7. The highest BCUT2D eigenvalue weighted by Gasteiger charge is 2.56. The Labute approximate surface area is 250 Å². The van der Waals surface area contributed by atoms with Crippen molar-refractivity contribution >= 4 is 71.3 Å². The molecule has 23 heteroatoms. The number of ether oxygens (including phenoxy) is 2. The quantitative estimate of drug-likeness (QED) is 0.174. The van der Waals surface area contributed by atoms with Gasteiger partial charge in [0.15, 0.2) is 48.0 Å². The highest BCUT2D eigenvalue weighted by molar-refractivity contribution is 8.44. The van der Waals surface area contributed by atoms with E-state index in [0.29, 0.717) is 0 Å². The van der Waals surface area contributed by atoms with Gasteiger partial charge in [0.1, 0.15) is 53.8 Å². The van der Waals surface area contributed by atoms with Crippen LogP contribution in [0.15, 0.2) is 25.3 Å². The Morgan fingerprint density at radius 1 is 0.884 bits per heavy atom. The topological polar surface area (TPSA) is 223 Å². The second-order valence-electron chi connectivity index (χ2n) is 9.87. The van der Waals surface area contributed by atoms with E-state index >= 15 is 8.78 Å². The first-order chi connectivity index (χ1) is 20.4. The molecule has 7 heterocycles. The molecule has 3 aliphatic heterocycles. The maximum Gasteiger partial charge on any atom is 0.386 e. The molecule has 10 atom stereocenters. The van der Waals surface area contributed by atoms with E-state index in [1.807, 2.05) is 0 Å². The fourth-order valence-corrected chi connectivity index (χ4v) is 9.23. The summed E-state index contributed by atoms with van der Waals surface area (Å²) in [5, 5.41) is 0. The van der Waals surface area contributed by atoms with Crippen molar-refractivity contribution in [1.29, 1.82) is 0 Å². The number of thiol groups is 1. The first-order valence-electron chi connectivity index (χ1n) is 12.5. The number of halogens is 2. The van der Waals surface area contributed by atoms with Crippen molar-refractivity contribution in [1.82, 2.24) is 39.0 Å². The van der Waals surface area contributed by atoms with Crippen LogP contribution in [-0.4, -0.2) is 93.5 Å². The maximum atomic E-state index is 16.0. The summed E-state index contributed by atoms with van der Waals surface area (Å²) < 4.78 is 76.4. The van der Waals surface area contributed by atoms with Gasteiger partial charge < -0.3 is 30.4 Å². The number of hydrogen-bond acceptors (Lipinski definition) is 15. The molecular weight excluding hydrogens is 656 g/mol. The molecule has 4 bridgehead atoms. The number of imidazole rings is 2. The second kappa shape index (κ2) is 10.6. The molecule has 3 aliphatic rings. The van der Waals surface area contributed by atoms with E-state index in [-0.39, 0.29) is 34.0 Å². The molecule has 2 unspecified atom stereocenters. The van der Waals surface area contributed by atoms with Crippen LogP contribution in [0.2, 0.25) is 0 Å². The summed E-state index contributed by atoms with van der Waals surface area (Å²) in [7, 11) is 0. The Balaban J connectivity index is 1.26. The third kappa shape index (κ3) is 4.91. The van der Waals surface area contributed by atoms with E-state index in [1.165, 1.54) is 34.4 Å². The lowest BCUT2D eigenvalue weighted by Gasteiger charge is -2.29. The van der Waals surface area contributed by atoms with Crippen LogP contribution in [-0.2, 0) is 39.4 Å². The van der Waals surface area contributed by atoms with Crippen molar-refractivity contribution in [2.45, 2.75) is 48.8 Å². The Morgan fingerprint density at radius 3 is 2.05 bits per heavy atom. The van der Waals surface area contributed by atoms with Crippen LogP contribution in [0.5, 0.6) is 0 Å². The zero-order chi connectivity index (χ0) is 30.3. The molecule has 17 nitrogen and oxygen atoms in total. The van der Waals surface area contributed by atoms with Gasteiger partial charge in [-0.1, -0.05) is 12.2 Å². The molecule has 0 saturated carbocycles. The van der Waals surface area contributed by atoms with Crippen molar-refractivity contribution < 1.29 is 41.3 Å². The smallest absolute Gasteiger partial charge is 0.382 e. The molecule has 0 aromatic carbocycles. The SMILES string of the molecule is Nc1ncnc2c1ncn2[C@@H]1O[C@@H]2COP(O)(=S)[C@@H]3[C@H](F)[C@@H](COP(=O)(S)O[C@@H]1[C@@H]2F)O[C@H]3n1cnc2c(N)ncnc21. The molecular formula is C20H22F2N10O7P2S2. The first-order valence-corrected chi connectivity index (χ1v) is 18.0. The monoisotopic (exact) mass is 678 g/mol. The molecule has 3 saturated heterocycles. The standard InChI is InChI=1S/C20H22F2N10O7P2S2/c21-9-7-1-35-40(33,42)14-10(22)8(38-20(14)32-6-30-12-16(24)26-4-28-18(12)32)2-36-41(34,43)39-13(9)19(37-7)31-5-29-11-15(23)25-3-27-17(11)31/h3-10,13-14,19-20H,1-2H2,(H,33,42)(H,34,43)(H2,23,25,27)(H2,24,26,28)/t7-,8-,9-,10-,13-,14-,19-,20-,40?,41?/m1/s1. The fourth-order valence-electron chi connectivity index (χ4n) is 5.31. The van der Waals surface area contributed by atoms with E-state index in [0.717, 1.165) is 0 Å². The first kappa shape index (κ1) is 29.3. The van der Waals surface area contributed by atoms with Gasteiger partial charge >= 0.3 is 6.80 Å². The number of alkyl halides is 2. The number of aromatic nitrogens is 8. The van der Waals surface area contributed by atoms with E-state index < -0.39 is 75.3 Å². The average molecular weight is 679 g/mol. The number of hydrogen-bond donors (Lipinski definition) is 4. The molecule has 3 fully saturated rings. The maximum absolute atomic E-state index is 16.0. The van der Waals surface area contributed by atoms with Crippen LogP contribution in [0.4, 0.5) is 20.4 Å². The minimum Gasteiger partial charge on any atom is -0.382 e. The number of fused-ring (bicyclic) bond motifs is 6. The van der Waals surface area contributed by atoms with Crippen LogP contribution in [0.3, 0.4) is 0 Å². The highest BCUT2D eigenvalue weighted by Crippen LogP contribution is 2.61. The van der Waals surface area contributed by atoms with Gasteiger partial charge in [0.05, 0.1) is 25.9 Å². The Kier molecular flexibility index (Phi) is 7.20. The molecule has 4 aromatic rings. The predicted octanol–water partition coefficient (Wildman–Crippen LogP) is 1.44. The normalized spacial score (nSPS) is 38.6. The van der Waals surface area contributed by atoms with E-state index in [1.54, 1.807) is 0 Å². The van der Waals surface area contributed by atoms with Gasteiger partial charge in [0.25, 0.3) is 0 Å². The molecule has 5 N–H and O–H groups in total. The van der Waals surface area contributed by atoms with Crippen molar-refractivity contribution in [2.75, 3.05) is 24.7 Å².